The molecule has 0 spiro atoms. The predicted octanol–water partition coefficient (Wildman–Crippen LogP) is 4.02. The summed E-state index contributed by atoms with van der Waals surface area (Å²) in [7, 11) is 0. The average Bonchev–Trinajstić information content (AvgIpc) is 3.27. The number of nitrogens with zero attached hydrogens (tertiary/aromatic N) is 3. The first-order valence-electron chi connectivity index (χ1n) is 10.3. The van der Waals surface area contributed by atoms with Crippen LogP contribution in [0.5, 0.6) is 0 Å². The molecule has 158 valence electrons. The molecule has 2 aromatic carbocycles. The van der Waals surface area contributed by atoms with Crippen molar-refractivity contribution in [2.45, 2.75) is 32.1 Å². The van der Waals surface area contributed by atoms with E-state index in [1.807, 2.05) is 43.3 Å². The zero-order chi connectivity index (χ0) is 21.8. The van der Waals surface area contributed by atoms with Gasteiger partial charge in [0.1, 0.15) is 0 Å². The Morgan fingerprint density at radius 2 is 1.87 bits per heavy atom. The molecule has 0 saturated carbocycles. The first kappa shape index (κ1) is 20.5. The van der Waals surface area contributed by atoms with Crippen molar-refractivity contribution in [1.29, 1.82) is 0 Å². The van der Waals surface area contributed by atoms with Crippen molar-refractivity contribution in [3.8, 4) is 0 Å². The molecule has 0 bridgehead atoms. The highest BCUT2D eigenvalue weighted by Gasteiger charge is 2.22. The first-order chi connectivity index (χ1) is 15.0. The van der Waals surface area contributed by atoms with Crippen molar-refractivity contribution in [3.05, 3.63) is 83.0 Å². The molecular formula is C24H24N4O3. The predicted molar refractivity (Wildman–Crippen MR) is 117 cm³/mol. The average molecular weight is 416 g/mol. The van der Waals surface area contributed by atoms with Crippen LogP contribution in [0.25, 0.3) is 0 Å². The van der Waals surface area contributed by atoms with E-state index in [0.717, 1.165) is 18.4 Å². The van der Waals surface area contributed by atoms with Crippen molar-refractivity contribution in [2.24, 2.45) is 10.7 Å². The van der Waals surface area contributed by atoms with Gasteiger partial charge in [0.15, 0.2) is 5.78 Å². The summed E-state index contributed by atoms with van der Waals surface area (Å²) in [6.07, 6.45) is 2.25. The molecule has 1 amide bonds. The van der Waals surface area contributed by atoms with Gasteiger partial charge in [-0.05, 0) is 24.5 Å². The Bertz CT molecular complexity index is 1120. The van der Waals surface area contributed by atoms with E-state index in [0.29, 0.717) is 29.8 Å². The minimum Gasteiger partial charge on any atom is -0.369 e. The second-order valence-electron chi connectivity index (χ2n) is 7.60. The molecule has 1 aliphatic rings. The Balaban J connectivity index is 1.52. The Kier molecular flexibility index (Phi) is 5.93. The number of hydrogen-bond acceptors (Lipinski definition) is 5. The van der Waals surface area contributed by atoms with E-state index in [-0.39, 0.29) is 29.5 Å². The van der Waals surface area contributed by atoms with Gasteiger partial charge in [-0.1, -0.05) is 60.6 Å². The highest BCUT2D eigenvalue weighted by molar-refractivity contribution is 6.09. The Labute approximate surface area is 180 Å². The summed E-state index contributed by atoms with van der Waals surface area (Å²) in [6, 6.07) is 18.4. The van der Waals surface area contributed by atoms with E-state index >= 15 is 0 Å². The maximum atomic E-state index is 12.8. The van der Waals surface area contributed by atoms with E-state index in [2.05, 4.69) is 10.1 Å². The number of carbonyl (C=O) groups excluding carboxylic acids is 2. The lowest BCUT2D eigenvalue weighted by Crippen LogP contribution is -2.44. The topological polar surface area (TPSA) is 102 Å². The zero-order valence-electron chi connectivity index (χ0n) is 17.3. The molecule has 1 aromatic heterocycles. The van der Waals surface area contributed by atoms with Crippen molar-refractivity contribution >= 4 is 23.5 Å². The fourth-order valence-electron chi connectivity index (χ4n) is 3.63. The van der Waals surface area contributed by atoms with E-state index in [9.17, 15) is 9.59 Å². The number of benzene rings is 2. The van der Waals surface area contributed by atoms with Crippen molar-refractivity contribution in [1.82, 2.24) is 10.1 Å². The highest BCUT2D eigenvalue weighted by atomic mass is 16.5. The van der Waals surface area contributed by atoms with Crippen LogP contribution in [-0.4, -0.2) is 34.3 Å². The summed E-state index contributed by atoms with van der Waals surface area (Å²) in [6.45, 7) is 2.54. The molecule has 0 aliphatic carbocycles. The SMILES string of the molecule is CC(c1cccc(C(=O)c2ccccc2)c1)c1cc(N=C(N)N2CCCCC2=O)on1. The van der Waals surface area contributed by atoms with Crippen LogP contribution in [0.1, 0.15) is 59.3 Å². The zero-order valence-corrected chi connectivity index (χ0v) is 17.3. The summed E-state index contributed by atoms with van der Waals surface area (Å²) >= 11 is 0. The summed E-state index contributed by atoms with van der Waals surface area (Å²) in [5.74, 6) is 0.193. The van der Waals surface area contributed by atoms with Gasteiger partial charge in [-0.3, -0.25) is 14.5 Å². The lowest BCUT2D eigenvalue weighted by Gasteiger charge is -2.25. The number of rotatable bonds is 5. The molecule has 31 heavy (non-hydrogen) atoms. The van der Waals surface area contributed by atoms with E-state index in [1.165, 1.54) is 4.90 Å². The third-order valence-corrected chi connectivity index (χ3v) is 5.47. The molecule has 3 aromatic rings. The van der Waals surface area contributed by atoms with Crippen LogP contribution in [0.4, 0.5) is 5.88 Å². The Hall–Kier alpha value is -3.74. The van der Waals surface area contributed by atoms with E-state index < -0.39 is 0 Å². The quantitative estimate of drug-likeness (QED) is 0.385. The lowest BCUT2D eigenvalue weighted by atomic mass is 9.94. The summed E-state index contributed by atoms with van der Waals surface area (Å²) in [5.41, 5.74) is 8.87. The molecule has 1 unspecified atom stereocenters. The third kappa shape index (κ3) is 4.55. The number of guanidine groups is 1. The number of ketones is 1. The third-order valence-electron chi connectivity index (χ3n) is 5.47. The molecule has 2 heterocycles. The number of carbonyl (C=O) groups is 2. The van der Waals surface area contributed by atoms with Crippen molar-refractivity contribution in [2.75, 3.05) is 6.54 Å². The van der Waals surface area contributed by atoms with Gasteiger partial charge in [0.25, 0.3) is 5.88 Å². The van der Waals surface area contributed by atoms with Crippen molar-refractivity contribution < 1.29 is 14.1 Å². The van der Waals surface area contributed by atoms with Crippen LogP contribution in [-0.2, 0) is 4.79 Å². The number of aliphatic imine (C=N–C) groups is 1. The van der Waals surface area contributed by atoms with Crippen LogP contribution in [0.15, 0.2) is 70.2 Å². The summed E-state index contributed by atoms with van der Waals surface area (Å²) < 4.78 is 5.33. The molecule has 1 fully saturated rings. The summed E-state index contributed by atoms with van der Waals surface area (Å²) in [5, 5.41) is 4.12. The van der Waals surface area contributed by atoms with Crippen LogP contribution in [0.2, 0.25) is 0 Å². The van der Waals surface area contributed by atoms with Gasteiger partial charge in [0, 0.05) is 36.1 Å². The Morgan fingerprint density at radius 3 is 2.65 bits per heavy atom. The van der Waals surface area contributed by atoms with Crippen LogP contribution < -0.4 is 5.73 Å². The van der Waals surface area contributed by atoms with Gasteiger partial charge in [0.2, 0.25) is 11.9 Å². The largest absolute Gasteiger partial charge is 0.369 e. The minimum absolute atomic E-state index is 0.0273. The monoisotopic (exact) mass is 416 g/mol. The molecule has 4 rings (SSSR count). The first-order valence-corrected chi connectivity index (χ1v) is 10.3. The standard InChI is InChI=1S/C24H24N4O3/c1-16(18-10-7-11-19(14-18)23(30)17-8-3-2-4-9-17)20-15-21(31-27-20)26-24(25)28-13-6-5-12-22(28)29/h2-4,7-11,14-16H,5-6,12-13H2,1H3,(H2,25,26). The van der Waals surface area contributed by atoms with Crippen LogP contribution in [0.3, 0.4) is 0 Å². The smallest absolute Gasteiger partial charge is 0.253 e. The van der Waals surface area contributed by atoms with Crippen LogP contribution in [0, 0.1) is 0 Å². The molecule has 7 heteroatoms. The second kappa shape index (κ2) is 8.95. The van der Waals surface area contributed by atoms with Gasteiger partial charge in [0.05, 0.1) is 5.69 Å². The maximum absolute atomic E-state index is 12.8. The number of amides is 1. The number of hydrogen-bond donors (Lipinski definition) is 1. The highest BCUT2D eigenvalue weighted by Crippen LogP contribution is 2.27. The summed E-state index contributed by atoms with van der Waals surface area (Å²) in [4.78, 5) is 30.5. The molecule has 7 nitrogen and oxygen atoms in total. The van der Waals surface area contributed by atoms with Crippen LogP contribution >= 0.6 is 0 Å². The minimum atomic E-state index is -0.117. The van der Waals surface area contributed by atoms with Gasteiger partial charge >= 0.3 is 0 Å². The number of piperidine rings is 1. The van der Waals surface area contributed by atoms with Gasteiger partial charge in [-0.15, -0.1) is 0 Å². The number of likely N-dealkylation sites (tertiary alicyclic amines) is 1. The normalized spacial score (nSPS) is 15.7. The second-order valence-corrected chi connectivity index (χ2v) is 7.60. The van der Waals surface area contributed by atoms with E-state index in [4.69, 9.17) is 10.3 Å². The maximum Gasteiger partial charge on any atom is 0.253 e. The number of aromatic nitrogens is 1. The van der Waals surface area contributed by atoms with E-state index in [1.54, 1.807) is 24.3 Å². The number of nitrogens with two attached hydrogens (primary N) is 1. The lowest BCUT2D eigenvalue weighted by molar-refractivity contribution is -0.129. The van der Waals surface area contributed by atoms with Crippen molar-refractivity contribution in [3.63, 3.8) is 0 Å². The fourth-order valence-corrected chi connectivity index (χ4v) is 3.63. The Morgan fingerprint density at radius 1 is 1.10 bits per heavy atom. The van der Waals surface area contributed by atoms with Gasteiger partial charge in [-0.25, -0.2) is 0 Å². The fraction of sp³-hybridized carbons (Fsp3) is 0.250. The molecular weight excluding hydrogens is 392 g/mol. The molecule has 1 saturated heterocycles. The molecule has 0 radical (unpaired) electrons. The molecule has 1 atom stereocenters. The van der Waals surface area contributed by atoms with Gasteiger partial charge < -0.3 is 10.3 Å². The molecule has 2 N–H and O–H groups in total. The van der Waals surface area contributed by atoms with Gasteiger partial charge in [-0.2, -0.15) is 4.99 Å². The molecule has 1 aliphatic heterocycles.